The van der Waals surface area contributed by atoms with E-state index in [4.69, 9.17) is 30.5 Å². The van der Waals surface area contributed by atoms with E-state index < -0.39 is 5.97 Å². The van der Waals surface area contributed by atoms with Crippen LogP contribution < -0.4 is 18.9 Å². The van der Waals surface area contributed by atoms with Crippen LogP contribution in [0.25, 0.3) is 17.5 Å². The third-order valence-corrected chi connectivity index (χ3v) is 6.24. The van der Waals surface area contributed by atoms with Gasteiger partial charge in [-0.3, -0.25) is 0 Å². The Hall–Kier alpha value is -3.37. The van der Waals surface area contributed by atoms with Crippen molar-refractivity contribution in [3.8, 4) is 34.4 Å². The van der Waals surface area contributed by atoms with Gasteiger partial charge in [0.25, 0.3) is 0 Å². The largest absolute Gasteiger partial charge is 0.497 e. The van der Waals surface area contributed by atoms with E-state index in [1.54, 1.807) is 32.4 Å². The molecule has 11 heteroatoms. The second-order valence-electron chi connectivity index (χ2n) is 7.77. The minimum atomic E-state index is -1.12. The van der Waals surface area contributed by atoms with Crippen LogP contribution >= 0.6 is 23.4 Å². The zero-order valence-electron chi connectivity index (χ0n) is 20.9. The summed E-state index contributed by atoms with van der Waals surface area (Å²) in [5.74, 6) is 1.45. The Bertz CT molecular complexity index is 1250. The molecule has 36 heavy (non-hydrogen) atoms. The Morgan fingerprint density at radius 2 is 1.75 bits per heavy atom. The zero-order valence-corrected chi connectivity index (χ0v) is 22.4. The molecule has 0 aliphatic heterocycles. The number of methoxy groups -OCH3 is 3. The van der Waals surface area contributed by atoms with Crippen molar-refractivity contribution in [3.63, 3.8) is 0 Å². The first-order valence-corrected chi connectivity index (χ1v) is 12.2. The third kappa shape index (κ3) is 6.24. The minimum absolute atomic E-state index is 0.0301. The molecule has 0 bridgehead atoms. The molecule has 0 saturated carbocycles. The summed E-state index contributed by atoms with van der Waals surface area (Å²) in [5, 5.41) is 19.2. The van der Waals surface area contributed by atoms with Crippen LogP contribution in [0.2, 0.25) is 5.02 Å². The van der Waals surface area contributed by atoms with Gasteiger partial charge in [0.2, 0.25) is 0 Å². The van der Waals surface area contributed by atoms with Gasteiger partial charge in [-0.15, -0.1) is 10.2 Å². The van der Waals surface area contributed by atoms with Crippen LogP contribution in [-0.4, -0.2) is 53.3 Å². The molecule has 1 aromatic heterocycles. The van der Waals surface area contributed by atoms with E-state index in [1.165, 1.54) is 13.2 Å². The molecule has 3 rings (SSSR count). The van der Waals surface area contributed by atoms with Gasteiger partial charge in [-0.1, -0.05) is 11.6 Å². The number of nitrogens with zero attached hydrogens (tertiary/aromatic N) is 3. The maximum Gasteiger partial charge on any atom is 0.342 e. The summed E-state index contributed by atoms with van der Waals surface area (Å²) in [6, 6.07) is 8.69. The summed E-state index contributed by atoms with van der Waals surface area (Å²) in [7, 11) is 4.63. The van der Waals surface area contributed by atoms with Gasteiger partial charge in [-0.25, -0.2) is 4.79 Å². The van der Waals surface area contributed by atoms with Crippen molar-refractivity contribution in [2.24, 2.45) is 0 Å². The monoisotopic (exact) mass is 533 g/mol. The highest BCUT2D eigenvalue weighted by atomic mass is 35.5. The standard InChI is InChI=1S/C25H28ClN3O6S/c1-7-29-23(16-11-17(32-4)13-18(12-16)33-5)27-28-25(29)36-21(24(30)31)10-15-8-19(26)22(35-14(2)3)20(9-15)34-6/h8-14H,7H2,1-6H3,(H,30,31)/b21-10-. The van der Waals surface area contributed by atoms with Gasteiger partial charge in [-0.05, 0) is 68.4 Å². The smallest absolute Gasteiger partial charge is 0.342 e. The van der Waals surface area contributed by atoms with Gasteiger partial charge >= 0.3 is 5.97 Å². The molecular weight excluding hydrogens is 506 g/mol. The molecule has 0 saturated heterocycles. The zero-order chi connectivity index (χ0) is 26.4. The molecule has 0 fully saturated rings. The predicted molar refractivity (Wildman–Crippen MR) is 139 cm³/mol. The first-order chi connectivity index (χ1) is 17.2. The fourth-order valence-corrected chi connectivity index (χ4v) is 4.51. The van der Waals surface area contributed by atoms with Crippen LogP contribution in [0.4, 0.5) is 0 Å². The molecule has 1 heterocycles. The first kappa shape index (κ1) is 27.2. The summed E-state index contributed by atoms with van der Waals surface area (Å²) in [4.78, 5) is 12.2. The molecule has 2 aromatic carbocycles. The minimum Gasteiger partial charge on any atom is -0.497 e. The van der Waals surface area contributed by atoms with Crippen LogP contribution in [0.1, 0.15) is 26.3 Å². The number of hydrogen-bond acceptors (Lipinski definition) is 8. The van der Waals surface area contributed by atoms with E-state index in [-0.39, 0.29) is 11.0 Å². The Labute approximate surface area is 219 Å². The topological polar surface area (TPSA) is 105 Å². The number of carbonyl (C=O) groups is 1. The summed E-state index contributed by atoms with van der Waals surface area (Å²) >= 11 is 7.40. The highest BCUT2D eigenvalue weighted by molar-refractivity contribution is 8.04. The molecule has 0 radical (unpaired) electrons. The maximum atomic E-state index is 12.1. The van der Waals surface area contributed by atoms with Gasteiger partial charge in [0.05, 0.1) is 32.5 Å². The van der Waals surface area contributed by atoms with Gasteiger partial charge in [-0.2, -0.15) is 0 Å². The van der Waals surface area contributed by atoms with Crippen molar-refractivity contribution >= 4 is 35.4 Å². The summed E-state index contributed by atoms with van der Waals surface area (Å²) in [5.41, 5.74) is 1.27. The highest BCUT2D eigenvalue weighted by Crippen LogP contribution is 2.39. The van der Waals surface area contributed by atoms with Crippen molar-refractivity contribution in [1.82, 2.24) is 14.8 Å². The predicted octanol–water partition coefficient (Wildman–Crippen LogP) is 5.65. The van der Waals surface area contributed by atoms with E-state index in [0.29, 0.717) is 51.1 Å². The number of thioether (sulfide) groups is 1. The van der Waals surface area contributed by atoms with E-state index in [0.717, 1.165) is 17.3 Å². The van der Waals surface area contributed by atoms with E-state index in [1.807, 2.05) is 37.5 Å². The summed E-state index contributed by atoms with van der Waals surface area (Å²) < 4.78 is 23.7. The Morgan fingerprint density at radius 3 is 2.28 bits per heavy atom. The van der Waals surface area contributed by atoms with Crippen LogP contribution in [0.5, 0.6) is 23.0 Å². The van der Waals surface area contributed by atoms with Gasteiger partial charge in [0.1, 0.15) is 16.4 Å². The molecule has 0 aliphatic carbocycles. The van der Waals surface area contributed by atoms with Gasteiger partial charge in [0, 0.05) is 18.2 Å². The molecule has 192 valence electrons. The molecular formula is C25H28ClN3O6S. The number of benzene rings is 2. The molecule has 1 N–H and O–H groups in total. The van der Waals surface area contributed by atoms with Crippen molar-refractivity contribution in [2.75, 3.05) is 21.3 Å². The molecule has 0 atom stereocenters. The molecule has 0 spiro atoms. The number of hydrogen-bond donors (Lipinski definition) is 1. The van der Waals surface area contributed by atoms with E-state index in [2.05, 4.69) is 10.2 Å². The van der Waals surface area contributed by atoms with E-state index >= 15 is 0 Å². The van der Waals surface area contributed by atoms with Crippen LogP contribution in [0.3, 0.4) is 0 Å². The van der Waals surface area contributed by atoms with Crippen molar-refractivity contribution in [2.45, 2.75) is 38.6 Å². The van der Waals surface area contributed by atoms with Crippen molar-refractivity contribution < 1.29 is 28.8 Å². The Kier molecular flexibility index (Phi) is 9.11. The average Bonchev–Trinajstić information content (AvgIpc) is 3.26. The first-order valence-electron chi connectivity index (χ1n) is 11.0. The third-order valence-electron chi connectivity index (χ3n) is 4.96. The number of carboxylic acid groups (broad SMARTS) is 1. The normalized spacial score (nSPS) is 11.5. The number of aliphatic carboxylic acids is 1. The quantitative estimate of drug-likeness (QED) is 0.247. The fraction of sp³-hybridized carbons (Fsp3) is 0.320. The summed E-state index contributed by atoms with van der Waals surface area (Å²) in [6.45, 7) is 6.19. The van der Waals surface area contributed by atoms with Crippen molar-refractivity contribution in [3.05, 3.63) is 45.8 Å². The second-order valence-corrected chi connectivity index (χ2v) is 9.18. The van der Waals surface area contributed by atoms with Gasteiger partial charge in [0.15, 0.2) is 22.5 Å². The van der Waals surface area contributed by atoms with Crippen LogP contribution in [0.15, 0.2) is 40.4 Å². The molecule has 0 amide bonds. The van der Waals surface area contributed by atoms with Crippen LogP contribution in [-0.2, 0) is 11.3 Å². The SMILES string of the molecule is CCn1c(S/C(=C\c2cc(Cl)c(OC(C)C)c(OC)c2)C(=O)O)nnc1-c1cc(OC)cc(OC)c1. The lowest BCUT2D eigenvalue weighted by atomic mass is 10.2. The lowest BCUT2D eigenvalue weighted by Crippen LogP contribution is -2.07. The highest BCUT2D eigenvalue weighted by Gasteiger charge is 2.20. The molecule has 9 nitrogen and oxygen atoms in total. The number of carboxylic acids is 1. The molecule has 0 aliphatic rings. The van der Waals surface area contributed by atoms with Crippen LogP contribution in [0, 0.1) is 0 Å². The lowest BCUT2D eigenvalue weighted by molar-refractivity contribution is -0.131. The number of aromatic nitrogens is 3. The molecule has 3 aromatic rings. The lowest BCUT2D eigenvalue weighted by Gasteiger charge is -2.16. The van der Waals surface area contributed by atoms with Gasteiger partial charge < -0.3 is 28.6 Å². The maximum absolute atomic E-state index is 12.1. The Balaban J connectivity index is 2.01. The Morgan fingerprint density at radius 1 is 1.08 bits per heavy atom. The number of ether oxygens (including phenoxy) is 4. The number of rotatable bonds is 11. The van der Waals surface area contributed by atoms with Crippen molar-refractivity contribution in [1.29, 1.82) is 0 Å². The second kappa shape index (κ2) is 12.0. The molecule has 0 unspecified atom stereocenters. The van der Waals surface area contributed by atoms with E-state index in [9.17, 15) is 9.90 Å². The fourth-order valence-electron chi connectivity index (χ4n) is 3.36. The summed E-state index contributed by atoms with van der Waals surface area (Å²) in [6.07, 6.45) is 1.39. The number of halogens is 1. The average molecular weight is 534 g/mol.